The van der Waals surface area contributed by atoms with E-state index in [1.165, 1.54) is 24.3 Å². The molecule has 3 aliphatic rings. The minimum absolute atomic E-state index is 0.0230. The maximum atomic E-state index is 13.2. The van der Waals surface area contributed by atoms with Gasteiger partial charge in [0.25, 0.3) is 5.91 Å². The van der Waals surface area contributed by atoms with Crippen LogP contribution < -0.4 is 18.9 Å². The number of hydrogen-bond donors (Lipinski definition) is 0. The van der Waals surface area contributed by atoms with Crippen molar-refractivity contribution in [1.29, 1.82) is 0 Å². The quantitative estimate of drug-likeness (QED) is 0.0796. The summed E-state index contributed by atoms with van der Waals surface area (Å²) in [7, 11) is 1.58. The Morgan fingerprint density at radius 2 is 1.17 bits per heavy atom. The van der Waals surface area contributed by atoms with Crippen molar-refractivity contribution in [3.8, 4) is 45.3 Å². The van der Waals surface area contributed by atoms with Crippen molar-refractivity contribution in [2.75, 3.05) is 59.5 Å². The number of halogens is 6. The number of aromatic nitrogens is 1. The molecule has 1 amide bonds. The van der Waals surface area contributed by atoms with Gasteiger partial charge in [0.1, 0.15) is 11.5 Å². The second-order valence-electron chi connectivity index (χ2n) is 16.5. The fourth-order valence-electron chi connectivity index (χ4n) is 9.18. The minimum atomic E-state index is -4.80. The summed E-state index contributed by atoms with van der Waals surface area (Å²) in [6.07, 6.45) is -4.12. The number of alkyl halides is 6. The summed E-state index contributed by atoms with van der Waals surface area (Å²) in [5.74, 6) is 0.459. The number of nitrogens with zero attached hydrogens (tertiary/aromatic N) is 5. The second kappa shape index (κ2) is 18.3. The average molecular weight is 900 g/mol. The molecule has 5 aromatic carbocycles. The number of methoxy groups -OCH3 is 1. The van der Waals surface area contributed by atoms with Gasteiger partial charge in [-0.25, -0.2) is 0 Å². The van der Waals surface area contributed by atoms with E-state index in [1.807, 2.05) is 53.6 Å². The summed E-state index contributed by atoms with van der Waals surface area (Å²) in [6, 6.07) is 27.1. The maximum absolute atomic E-state index is 13.2. The number of rotatable bonds is 14. The fourth-order valence-corrected chi connectivity index (χ4v) is 9.18. The minimum Gasteiger partial charge on any atom is -0.493 e. The molecular weight excluding hydrogens is 853 g/mol. The smallest absolute Gasteiger partial charge is 0.493 e. The van der Waals surface area contributed by atoms with Crippen molar-refractivity contribution < 1.29 is 50.1 Å². The second-order valence-corrected chi connectivity index (χ2v) is 16.5. The Morgan fingerprint density at radius 1 is 0.631 bits per heavy atom. The van der Waals surface area contributed by atoms with E-state index in [9.17, 15) is 31.1 Å². The lowest BCUT2D eigenvalue weighted by molar-refractivity contribution is -0.275. The molecule has 0 bridgehead atoms. The largest absolute Gasteiger partial charge is 0.573 e. The molecule has 1 aromatic heterocycles. The Morgan fingerprint density at radius 3 is 1.71 bits per heavy atom. The van der Waals surface area contributed by atoms with E-state index in [0.29, 0.717) is 40.5 Å². The molecule has 2 fully saturated rings. The zero-order valence-corrected chi connectivity index (χ0v) is 35.6. The van der Waals surface area contributed by atoms with Gasteiger partial charge in [0.05, 0.1) is 31.0 Å². The molecule has 0 spiro atoms. The standard InChI is InChI=1S/C49H47F6N5O5/c1-62-45-29-41-42(56-31-36-5-2-20-59(36)47(41)61)30-46(45)63-26-4-19-58-24-22-57(23-25-58)18-3-21-60-43-16-10-34(32-6-12-37(13-7-32)64-48(50,51)52)27-39(43)40-28-35(11-17-44(40)60)33-8-14-38(15-9-33)65-49(53,54)55/h6-17,27-31,36H,2-5,18-26H2,1H3/t36-/m0/s1. The molecular formula is C49H47F6N5O5. The van der Waals surface area contributed by atoms with Gasteiger partial charge < -0.3 is 38.2 Å². The molecule has 1 atom stereocenters. The van der Waals surface area contributed by atoms with Crippen molar-refractivity contribution in [3.05, 3.63) is 103 Å². The number of benzene rings is 5. The third-order valence-corrected chi connectivity index (χ3v) is 12.4. The number of piperazine rings is 1. The summed E-state index contributed by atoms with van der Waals surface area (Å²) in [5, 5.41) is 1.88. The van der Waals surface area contributed by atoms with Crippen LogP contribution in [0, 0.1) is 0 Å². The van der Waals surface area contributed by atoms with E-state index in [2.05, 4.69) is 28.8 Å². The highest BCUT2D eigenvalue weighted by atomic mass is 19.4. The van der Waals surface area contributed by atoms with Crippen LogP contribution >= 0.6 is 0 Å². The Hall–Kier alpha value is -6.26. The highest BCUT2D eigenvalue weighted by Crippen LogP contribution is 2.39. The molecule has 2 saturated heterocycles. The number of aryl methyl sites for hydroxylation is 1. The normalized spacial score (nSPS) is 17.1. The summed E-state index contributed by atoms with van der Waals surface area (Å²) in [6.45, 7) is 7.48. The summed E-state index contributed by atoms with van der Waals surface area (Å²) < 4.78 is 99.2. The number of fused-ring (bicyclic) bond motifs is 5. The van der Waals surface area contributed by atoms with Crippen LogP contribution in [0.4, 0.5) is 32.0 Å². The molecule has 16 heteroatoms. The third-order valence-electron chi connectivity index (χ3n) is 12.4. The van der Waals surface area contributed by atoms with E-state index in [-0.39, 0.29) is 23.4 Å². The molecule has 0 unspecified atom stereocenters. The van der Waals surface area contributed by atoms with E-state index < -0.39 is 12.7 Å². The first-order chi connectivity index (χ1) is 31.3. The molecule has 4 heterocycles. The van der Waals surface area contributed by atoms with Crippen LogP contribution in [0.3, 0.4) is 0 Å². The summed E-state index contributed by atoms with van der Waals surface area (Å²) in [5.41, 5.74) is 6.16. The van der Waals surface area contributed by atoms with Gasteiger partial charge in [-0.3, -0.25) is 9.79 Å². The lowest BCUT2D eigenvalue weighted by Crippen LogP contribution is -2.47. The van der Waals surface area contributed by atoms with Crippen molar-refractivity contribution in [1.82, 2.24) is 19.3 Å². The first-order valence-electron chi connectivity index (χ1n) is 21.7. The van der Waals surface area contributed by atoms with Crippen molar-refractivity contribution >= 4 is 39.6 Å². The number of hydrogen-bond acceptors (Lipinski definition) is 8. The van der Waals surface area contributed by atoms with Gasteiger partial charge in [0, 0.05) is 79.9 Å². The fraction of sp³-hybridized carbons (Fsp3) is 0.347. The topological polar surface area (TPSA) is 81.0 Å². The van der Waals surface area contributed by atoms with Gasteiger partial charge in [-0.05, 0) is 109 Å². The summed E-state index contributed by atoms with van der Waals surface area (Å²) in [4.78, 5) is 24.7. The van der Waals surface area contributed by atoms with E-state index in [0.717, 1.165) is 111 Å². The van der Waals surface area contributed by atoms with Crippen LogP contribution in [0.15, 0.2) is 102 Å². The third kappa shape index (κ3) is 10.0. The average Bonchev–Trinajstić information content (AvgIpc) is 3.85. The highest BCUT2D eigenvalue weighted by Gasteiger charge is 2.34. The predicted octanol–water partition coefficient (Wildman–Crippen LogP) is 10.7. The molecule has 0 aliphatic carbocycles. The molecule has 0 N–H and O–H groups in total. The monoisotopic (exact) mass is 899 g/mol. The van der Waals surface area contributed by atoms with Gasteiger partial charge in [-0.2, -0.15) is 0 Å². The predicted molar refractivity (Wildman–Crippen MR) is 236 cm³/mol. The number of carbonyl (C=O) groups excluding carboxylic acids is 1. The first-order valence-corrected chi connectivity index (χ1v) is 21.7. The molecule has 3 aliphatic heterocycles. The van der Waals surface area contributed by atoms with Crippen LogP contribution in [-0.4, -0.2) is 110 Å². The van der Waals surface area contributed by atoms with E-state index in [1.54, 1.807) is 37.4 Å². The van der Waals surface area contributed by atoms with Crippen molar-refractivity contribution in [2.45, 2.75) is 51.0 Å². The molecule has 340 valence electrons. The van der Waals surface area contributed by atoms with Crippen molar-refractivity contribution in [2.24, 2.45) is 4.99 Å². The maximum Gasteiger partial charge on any atom is 0.573 e. The summed E-state index contributed by atoms with van der Waals surface area (Å²) >= 11 is 0. The zero-order valence-electron chi connectivity index (χ0n) is 35.6. The van der Waals surface area contributed by atoms with E-state index in [4.69, 9.17) is 9.47 Å². The van der Waals surface area contributed by atoms with Gasteiger partial charge in [-0.1, -0.05) is 36.4 Å². The van der Waals surface area contributed by atoms with Crippen LogP contribution in [0.25, 0.3) is 44.1 Å². The molecule has 10 nitrogen and oxygen atoms in total. The van der Waals surface area contributed by atoms with E-state index >= 15 is 0 Å². The number of ether oxygens (including phenoxy) is 4. The molecule has 0 radical (unpaired) electrons. The molecule has 65 heavy (non-hydrogen) atoms. The van der Waals surface area contributed by atoms with Gasteiger partial charge in [-0.15, -0.1) is 26.3 Å². The van der Waals surface area contributed by atoms with Crippen LogP contribution in [0.2, 0.25) is 0 Å². The number of amides is 1. The van der Waals surface area contributed by atoms with Crippen LogP contribution in [0.5, 0.6) is 23.0 Å². The SMILES string of the molecule is COc1cc2c(cc1OCCCN1CCN(CCCn3c4ccc(-c5ccc(OC(F)(F)F)cc5)cc4c4cc(-c5ccc(OC(F)(F)F)cc5)ccc43)CC1)N=C[C@@H]1CCCN1C2=O. The lowest BCUT2D eigenvalue weighted by Gasteiger charge is -2.34. The lowest BCUT2D eigenvalue weighted by atomic mass is 10.00. The Bertz CT molecular complexity index is 2580. The Balaban J connectivity index is 0.835. The van der Waals surface area contributed by atoms with Gasteiger partial charge in [0.2, 0.25) is 0 Å². The first kappa shape index (κ1) is 44.0. The molecule has 9 rings (SSSR count). The number of aliphatic imine (C=N–C) groups is 1. The highest BCUT2D eigenvalue weighted by molar-refractivity contribution is 6.10. The molecule has 0 saturated carbocycles. The molecule has 6 aromatic rings. The van der Waals surface area contributed by atoms with Crippen LogP contribution in [-0.2, 0) is 6.54 Å². The zero-order chi connectivity index (χ0) is 45.3. The van der Waals surface area contributed by atoms with Crippen LogP contribution in [0.1, 0.15) is 36.0 Å². The Labute approximate surface area is 371 Å². The van der Waals surface area contributed by atoms with Gasteiger partial charge >= 0.3 is 12.7 Å². The van der Waals surface area contributed by atoms with Crippen molar-refractivity contribution in [3.63, 3.8) is 0 Å². The Kier molecular flexibility index (Phi) is 12.4. The van der Waals surface area contributed by atoms with Gasteiger partial charge in [0.15, 0.2) is 11.5 Å². The number of carbonyl (C=O) groups is 1.